The maximum atomic E-state index is 12.0. The van der Waals surface area contributed by atoms with E-state index in [0.29, 0.717) is 10.8 Å². The molecular formula is C17H16BrClN2O2. The van der Waals surface area contributed by atoms with E-state index in [2.05, 4.69) is 26.5 Å². The van der Waals surface area contributed by atoms with Crippen molar-refractivity contribution in [3.8, 4) is 5.75 Å². The van der Waals surface area contributed by atoms with E-state index in [9.17, 15) is 4.79 Å². The number of carbonyl (C=O) groups excluding carboxylic acids is 1. The van der Waals surface area contributed by atoms with Crippen molar-refractivity contribution in [2.24, 2.45) is 5.10 Å². The van der Waals surface area contributed by atoms with E-state index in [4.69, 9.17) is 16.3 Å². The Hall–Kier alpha value is -1.85. The van der Waals surface area contributed by atoms with E-state index in [1.165, 1.54) is 6.21 Å². The summed E-state index contributed by atoms with van der Waals surface area (Å²) in [6.45, 7) is 3.64. The summed E-state index contributed by atoms with van der Waals surface area (Å²) >= 11 is 9.42. The highest BCUT2D eigenvalue weighted by atomic mass is 79.9. The van der Waals surface area contributed by atoms with E-state index in [-0.39, 0.29) is 5.91 Å². The maximum absolute atomic E-state index is 12.0. The number of aryl methyl sites for hydroxylation is 1. The number of rotatable bonds is 5. The number of ether oxygens (including phenoxy) is 1. The van der Waals surface area contributed by atoms with Crippen molar-refractivity contribution in [2.45, 2.75) is 20.0 Å². The quantitative estimate of drug-likeness (QED) is 0.605. The number of nitrogens with zero attached hydrogens (tertiary/aromatic N) is 1. The third-order valence-corrected chi connectivity index (χ3v) is 4.01. The molecule has 2 rings (SSSR count). The van der Waals surface area contributed by atoms with Crippen molar-refractivity contribution in [3.63, 3.8) is 0 Å². The smallest absolute Gasteiger partial charge is 0.280 e. The van der Waals surface area contributed by atoms with Gasteiger partial charge in [-0.3, -0.25) is 4.79 Å². The highest BCUT2D eigenvalue weighted by Gasteiger charge is 2.15. The van der Waals surface area contributed by atoms with Crippen LogP contribution in [0.5, 0.6) is 5.75 Å². The van der Waals surface area contributed by atoms with Gasteiger partial charge >= 0.3 is 0 Å². The molecule has 0 saturated heterocycles. The number of hydrazone groups is 1. The predicted octanol–water partition coefficient (Wildman–Crippen LogP) is 4.33. The molecule has 0 bridgehead atoms. The molecule has 1 amide bonds. The lowest BCUT2D eigenvalue weighted by atomic mass is 10.2. The molecule has 0 fully saturated rings. The lowest BCUT2D eigenvalue weighted by Crippen LogP contribution is -2.33. The highest BCUT2D eigenvalue weighted by molar-refractivity contribution is 9.10. The van der Waals surface area contributed by atoms with Crippen molar-refractivity contribution in [2.75, 3.05) is 0 Å². The maximum Gasteiger partial charge on any atom is 0.280 e. The van der Waals surface area contributed by atoms with Crippen molar-refractivity contribution in [1.29, 1.82) is 0 Å². The van der Waals surface area contributed by atoms with Gasteiger partial charge in [-0.15, -0.1) is 0 Å². The average molecular weight is 396 g/mol. The van der Waals surface area contributed by atoms with Crippen LogP contribution in [0.25, 0.3) is 0 Å². The van der Waals surface area contributed by atoms with Crippen LogP contribution in [0, 0.1) is 6.92 Å². The highest BCUT2D eigenvalue weighted by Crippen LogP contribution is 2.26. The number of hydrogen-bond acceptors (Lipinski definition) is 3. The second kappa shape index (κ2) is 8.13. The Balaban J connectivity index is 1.94. The summed E-state index contributed by atoms with van der Waals surface area (Å²) < 4.78 is 6.43. The first-order valence-electron chi connectivity index (χ1n) is 6.97. The molecule has 0 aliphatic heterocycles. The Morgan fingerprint density at radius 1 is 1.35 bits per heavy atom. The number of hydrogen-bond donors (Lipinski definition) is 1. The van der Waals surface area contributed by atoms with Crippen molar-refractivity contribution in [1.82, 2.24) is 5.43 Å². The van der Waals surface area contributed by atoms with E-state index >= 15 is 0 Å². The first-order chi connectivity index (χ1) is 11.0. The topological polar surface area (TPSA) is 50.7 Å². The summed E-state index contributed by atoms with van der Waals surface area (Å²) in [4.78, 5) is 12.0. The molecule has 0 radical (unpaired) electrons. The molecule has 2 aromatic carbocycles. The largest absolute Gasteiger partial charge is 0.480 e. The van der Waals surface area contributed by atoms with Crippen molar-refractivity contribution < 1.29 is 9.53 Å². The zero-order valence-electron chi connectivity index (χ0n) is 12.7. The average Bonchev–Trinajstić information content (AvgIpc) is 2.51. The van der Waals surface area contributed by atoms with Gasteiger partial charge < -0.3 is 4.74 Å². The van der Waals surface area contributed by atoms with Gasteiger partial charge in [0.2, 0.25) is 0 Å². The van der Waals surface area contributed by atoms with Gasteiger partial charge in [0, 0.05) is 10.6 Å². The SMILES string of the molecule is Cc1ccc(OC(C)C(=O)NN=Cc2ccccc2Cl)c(Br)c1. The molecule has 6 heteroatoms. The molecular weight excluding hydrogens is 380 g/mol. The van der Waals surface area contributed by atoms with Gasteiger partial charge in [0.15, 0.2) is 6.10 Å². The van der Waals surface area contributed by atoms with Crippen LogP contribution < -0.4 is 10.2 Å². The van der Waals surface area contributed by atoms with Crippen LogP contribution in [0.1, 0.15) is 18.1 Å². The van der Waals surface area contributed by atoms with Crippen LogP contribution >= 0.6 is 27.5 Å². The summed E-state index contributed by atoms with van der Waals surface area (Å²) in [7, 11) is 0. The summed E-state index contributed by atoms with van der Waals surface area (Å²) in [5, 5.41) is 4.47. The van der Waals surface area contributed by atoms with E-state index in [1.54, 1.807) is 19.1 Å². The summed E-state index contributed by atoms with van der Waals surface area (Å²) in [5.41, 5.74) is 4.27. The summed E-state index contributed by atoms with van der Waals surface area (Å²) in [6, 6.07) is 12.9. The molecule has 120 valence electrons. The third-order valence-electron chi connectivity index (χ3n) is 3.04. The van der Waals surface area contributed by atoms with Crippen LogP contribution in [0.15, 0.2) is 52.0 Å². The van der Waals surface area contributed by atoms with Crippen LogP contribution in [0.4, 0.5) is 0 Å². The molecule has 0 aromatic heterocycles. The molecule has 0 saturated carbocycles. The Morgan fingerprint density at radius 2 is 2.09 bits per heavy atom. The summed E-state index contributed by atoms with van der Waals surface area (Å²) in [6.07, 6.45) is 0.812. The number of nitrogens with one attached hydrogen (secondary N) is 1. The van der Waals surface area contributed by atoms with Gasteiger partial charge in [0.05, 0.1) is 10.7 Å². The zero-order valence-corrected chi connectivity index (χ0v) is 15.1. The zero-order chi connectivity index (χ0) is 16.8. The van der Waals surface area contributed by atoms with Gasteiger partial charge in [-0.1, -0.05) is 35.9 Å². The van der Waals surface area contributed by atoms with Crippen LogP contribution in [-0.2, 0) is 4.79 Å². The lowest BCUT2D eigenvalue weighted by Gasteiger charge is -2.14. The van der Waals surface area contributed by atoms with Gasteiger partial charge in [0.1, 0.15) is 5.75 Å². The Labute approximate surface area is 148 Å². The molecule has 4 nitrogen and oxygen atoms in total. The minimum absolute atomic E-state index is 0.347. The molecule has 1 atom stereocenters. The first-order valence-corrected chi connectivity index (χ1v) is 8.14. The normalized spacial score (nSPS) is 12.2. The minimum Gasteiger partial charge on any atom is -0.480 e. The molecule has 2 aromatic rings. The van der Waals surface area contributed by atoms with Gasteiger partial charge in [-0.05, 0) is 53.5 Å². The fourth-order valence-electron chi connectivity index (χ4n) is 1.78. The van der Waals surface area contributed by atoms with Crippen molar-refractivity contribution in [3.05, 3.63) is 63.1 Å². The molecule has 0 aliphatic carbocycles. The van der Waals surface area contributed by atoms with E-state index in [1.807, 2.05) is 37.3 Å². The molecule has 0 spiro atoms. The number of benzene rings is 2. The molecule has 0 aliphatic rings. The number of amides is 1. The van der Waals surface area contributed by atoms with Crippen LogP contribution in [0.2, 0.25) is 5.02 Å². The Morgan fingerprint density at radius 3 is 2.78 bits per heavy atom. The van der Waals surface area contributed by atoms with Crippen molar-refractivity contribution >= 4 is 39.7 Å². The number of carbonyl (C=O) groups is 1. The standard InChI is InChI=1S/C17H16BrClN2O2/c1-11-7-8-16(14(18)9-11)23-12(2)17(22)21-20-10-13-5-3-4-6-15(13)19/h3-10,12H,1-2H3,(H,21,22). The second-order valence-electron chi connectivity index (χ2n) is 4.95. The van der Waals surface area contributed by atoms with Gasteiger partial charge in [-0.25, -0.2) is 5.43 Å². The Bertz CT molecular complexity index is 734. The Kier molecular flexibility index (Phi) is 6.19. The molecule has 23 heavy (non-hydrogen) atoms. The van der Waals surface area contributed by atoms with E-state index < -0.39 is 6.10 Å². The summed E-state index contributed by atoms with van der Waals surface area (Å²) in [5.74, 6) is 0.258. The fraction of sp³-hybridized carbons (Fsp3) is 0.176. The number of halogens is 2. The molecule has 0 heterocycles. The van der Waals surface area contributed by atoms with Gasteiger partial charge in [-0.2, -0.15) is 5.10 Å². The lowest BCUT2D eigenvalue weighted by molar-refractivity contribution is -0.127. The first kappa shape index (κ1) is 17.5. The monoisotopic (exact) mass is 394 g/mol. The minimum atomic E-state index is -0.683. The van der Waals surface area contributed by atoms with Crippen LogP contribution in [-0.4, -0.2) is 18.2 Å². The second-order valence-corrected chi connectivity index (χ2v) is 6.21. The van der Waals surface area contributed by atoms with E-state index in [0.717, 1.165) is 15.6 Å². The van der Waals surface area contributed by atoms with Crippen LogP contribution in [0.3, 0.4) is 0 Å². The third kappa shape index (κ3) is 5.08. The molecule has 1 N–H and O–H groups in total. The van der Waals surface area contributed by atoms with Gasteiger partial charge in [0.25, 0.3) is 5.91 Å². The predicted molar refractivity (Wildman–Crippen MR) is 96.2 cm³/mol. The fourth-order valence-corrected chi connectivity index (χ4v) is 2.55. The molecule has 1 unspecified atom stereocenters.